The first-order chi connectivity index (χ1) is 12.0. The van der Waals surface area contributed by atoms with Gasteiger partial charge in [-0.15, -0.1) is 11.3 Å². The number of fused-ring (bicyclic) bond motifs is 1. The first-order valence-corrected chi connectivity index (χ1v) is 9.50. The molecule has 4 rings (SSSR count). The molecule has 2 aliphatic rings. The third kappa shape index (κ3) is 3.23. The fourth-order valence-corrected chi connectivity index (χ4v) is 4.60. The molecular weight excluding hydrogens is 336 g/mol. The molecule has 132 valence electrons. The topological polar surface area (TPSA) is 51.7 Å². The highest BCUT2D eigenvalue weighted by Crippen LogP contribution is 2.38. The number of carbonyl (C=O) groups excluding carboxylic acids is 1. The Kier molecular flexibility index (Phi) is 4.15. The van der Waals surface area contributed by atoms with Gasteiger partial charge in [-0.3, -0.25) is 4.79 Å². The lowest BCUT2D eigenvalue weighted by Crippen LogP contribution is -2.45. The number of aromatic nitrogens is 1. The van der Waals surface area contributed by atoms with E-state index >= 15 is 0 Å². The van der Waals surface area contributed by atoms with Crippen molar-refractivity contribution >= 4 is 17.2 Å². The summed E-state index contributed by atoms with van der Waals surface area (Å²) >= 11 is 1.44. The summed E-state index contributed by atoms with van der Waals surface area (Å²) in [5, 5.41) is 0. The molecule has 3 heterocycles. The Morgan fingerprint density at radius 3 is 3.00 bits per heavy atom. The molecule has 0 spiro atoms. The number of likely N-dealkylation sites (tertiary alicyclic amines) is 1. The zero-order valence-electron chi connectivity index (χ0n) is 14.6. The highest BCUT2D eigenvalue weighted by molar-refractivity contribution is 7.11. The Labute approximate surface area is 151 Å². The van der Waals surface area contributed by atoms with E-state index in [4.69, 9.17) is 9.47 Å². The molecule has 1 amide bonds. The number of rotatable bonds is 3. The summed E-state index contributed by atoms with van der Waals surface area (Å²) in [7, 11) is 0. The quantitative estimate of drug-likeness (QED) is 0.840. The number of hydrogen-bond donors (Lipinski definition) is 0. The molecule has 0 N–H and O–H groups in total. The second-order valence-corrected chi connectivity index (χ2v) is 8.13. The van der Waals surface area contributed by atoms with Crippen LogP contribution in [0.4, 0.5) is 0 Å². The van der Waals surface area contributed by atoms with Crippen LogP contribution in [0.1, 0.15) is 40.7 Å². The van der Waals surface area contributed by atoms with E-state index < -0.39 is 0 Å². The number of piperidine rings is 1. The van der Waals surface area contributed by atoms with Crippen LogP contribution >= 0.6 is 11.3 Å². The third-order valence-electron chi connectivity index (χ3n) is 5.08. The van der Waals surface area contributed by atoms with Crippen molar-refractivity contribution in [3.8, 4) is 11.5 Å². The Morgan fingerprint density at radius 2 is 2.20 bits per heavy atom. The number of aryl methyl sites for hydroxylation is 1. The largest absolute Gasteiger partial charge is 0.454 e. The van der Waals surface area contributed by atoms with Crippen molar-refractivity contribution in [3.05, 3.63) is 39.8 Å². The van der Waals surface area contributed by atoms with Gasteiger partial charge in [0.05, 0.1) is 11.2 Å². The molecule has 1 aromatic carbocycles. The summed E-state index contributed by atoms with van der Waals surface area (Å²) in [5.74, 6) is 1.76. The van der Waals surface area contributed by atoms with Gasteiger partial charge < -0.3 is 14.4 Å². The highest BCUT2D eigenvalue weighted by atomic mass is 32.1. The lowest BCUT2D eigenvalue weighted by Gasteiger charge is -2.40. The van der Waals surface area contributed by atoms with E-state index in [1.807, 2.05) is 17.9 Å². The second-order valence-electron chi connectivity index (χ2n) is 7.27. The van der Waals surface area contributed by atoms with E-state index in [1.165, 1.54) is 16.9 Å². The van der Waals surface area contributed by atoms with Gasteiger partial charge in [0.15, 0.2) is 11.5 Å². The molecule has 1 saturated heterocycles. The predicted molar refractivity (Wildman–Crippen MR) is 96.4 cm³/mol. The lowest BCUT2D eigenvalue weighted by molar-refractivity contribution is 0.0554. The van der Waals surface area contributed by atoms with Crippen molar-refractivity contribution in [1.82, 2.24) is 9.88 Å². The molecule has 1 aromatic heterocycles. The van der Waals surface area contributed by atoms with Crippen molar-refractivity contribution in [1.29, 1.82) is 0 Å². The van der Waals surface area contributed by atoms with Gasteiger partial charge in [0, 0.05) is 13.1 Å². The molecule has 0 saturated carbocycles. The van der Waals surface area contributed by atoms with E-state index in [0.717, 1.165) is 54.4 Å². The van der Waals surface area contributed by atoms with E-state index in [1.54, 1.807) is 5.51 Å². The Balaban J connectivity index is 1.49. The van der Waals surface area contributed by atoms with Gasteiger partial charge in [-0.1, -0.05) is 13.0 Å². The maximum absolute atomic E-state index is 12.8. The van der Waals surface area contributed by atoms with E-state index in [2.05, 4.69) is 24.0 Å². The molecule has 5 nitrogen and oxygen atoms in total. The van der Waals surface area contributed by atoms with Crippen LogP contribution < -0.4 is 9.47 Å². The summed E-state index contributed by atoms with van der Waals surface area (Å²) in [6.07, 6.45) is 3.08. The third-order valence-corrected chi connectivity index (χ3v) is 5.99. The van der Waals surface area contributed by atoms with Gasteiger partial charge in [-0.25, -0.2) is 4.98 Å². The minimum atomic E-state index is 0.0696. The van der Waals surface area contributed by atoms with Gasteiger partial charge >= 0.3 is 0 Å². The monoisotopic (exact) mass is 358 g/mol. The lowest BCUT2D eigenvalue weighted by atomic mass is 9.77. The average Bonchev–Trinajstić information content (AvgIpc) is 3.22. The normalized spacial score (nSPS) is 22.2. The summed E-state index contributed by atoms with van der Waals surface area (Å²) < 4.78 is 10.9. The Hall–Kier alpha value is -2.08. The number of nitrogens with zero attached hydrogens (tertiary/aromatic N) is 2. The Bertz CT molecular complexity index is 804. The molecule has 0 bridgehead atoms. The first kappa shape index (κ1) is 16.4. The fraction of sp³-hybridized carbons (Fsp3) is 0.474. The average molecular weight is 358 g/mol. The summed E-state index contributed by atoms with van der Waals surface area (Å²) in [6.45, 7) is 6.08. The molecule has 6 heteroatoms. The van der Waals surface area contributed by atoms with E-state index in [9.17, 15) is 4.79 Å². The molecule has 25 heavy (non-hydrogen) atoms. The number of amides is 1. The number of carbonyl (C=O) groups is 1. The zero-order valence-corrected chi connectivity index (χ0v) is 15.4. The van der Waals surface area contributed by atoms with E-state index in [0.29, 0.717) is 6.79 Å². The first-order valence-electron chi connectivity index (χ1n) is 8.62. The van der Waals surface area contributed by atoms with Crippen LogP contribution in [0.5, 0.6) is 11.5 Å². The molecule has 0 aliphatic carbocycles. The van der Waals surface area contributed by atoms with Gasteiger partial charge in [0.25, 0.3) is 5.91 Å². The standard InChI is InChI=1S/C19H22N2O3S/c1-13-17(25-11-20-13)18(22)21-7-3-6-19(2,10-21)9-14-4-5-15-16(8-14)24-12-23-15/h4-5,8,11H,3,6-7,9-10,12H2,1-2H3/t19-/m1/s1. The van der Waals surface area contributed by atoms with Crippen molar-refractivity contribution in [2.75, 3.05) is 19.9 Å². The molecule has 1 atom stereocenters. The number of thiazole rings is 1. The SMILES string of the molecule is Cc1ncsc1C(=O)N1CCC[C@](C)(Cc2ccc3c(c2)OCO3)C1. The summed E-state index contributed by atoms with van der Waals surface area (Å²) in [4.78, 5) is 19.8. The summed E-state index contributed by atoms with van der Waals surface area (Å²) in [6, 6.07) is 6.15. The predicted octanol–water partition coefficient (Wildman–Crippen LogP) is 3.67. The van der Waals surface area contributed by atoms with Gasteiger partial charge in [-0.2, -0.15) is 0 Å². The van der Waals surface area contributed by atoms with E-state index in [-0.39, 0.29) is 11.3 Å². The minimum absolute atomic E-state index is 0.0696. The van der Waals surface area contributed by atoms with Crippen molar-refractivity contribution in [2.45, 2.75) is 33.1 Å². The number of ether oxygens (including phenoxy) is 2. The molecule has 0 radical (unpaired) electrons. The second kappa shape index (κ2) is 6.33. The Morgan fingerprint density at radius 1 is 1.36 bits per heavy atom. The maximum Gasteiger partial charge on any atom is 0.265 e. The van der Waals surface area contributed by atoms with Crippen LogP contribution in [0.2, 0.25) is 0 Å². The van der Waals surface area contributed by atoms with Crippen molar-refractivity contribution in [3.63, 3.8) is 0 Å². The van der Waals surface area contributed by atoms with Gasteiger partial charge in [-0.05, 0) is 49.3 Å². The summed E-state index contributed by atoms with van der Waals surface area (Å²) in [5.41, 5.74) is 3.88. The molecule has 1 fully saturated rings. The van der Waals surface area contributed by atoms with Gasteiger partial charge in [0.1, 0.15) is 4.88 Å². The van der Waals surface area contributed by atoms with Crippen LogP contribution in [0.25, 0.3) is 0 Å². The van der Waals surface area contributed by atoms with Crippen LogP contribution in [0.15, 0.2) is 23.7 Å². The molecule has 0 unspecified atom stereocenters. The van der Waals surface area contributed by atoms with Crippen LogP contribution in [-0.2, 0) is 6.42 Å². The highest BCUT2D eigenvalue weighted by Gasteiger charge is 2.34. The number of hydrogen-bond acceptors (Lipinski definition) is 5. The van der Waals surface area contributed by atoms with Crippen LogP contribution in [0.3, 0.4) is 0 Å². The van der Waals surface area contributed by atoms with Crippen molar-refractivity contribution < 1.29 is 14.3 Å². The minimum Gasteiger partial charge on any atom is -0.454 e. The van der Waals surface area contributed by atoms with Crippen molar-refractivity contribution in [2.24, 2.45) is 5.41 Å². The van der Waals surface area contributed by atoms with Crippen LogP contribution in [-0.4, -0.2) is 35.7 Å². The fourth-order valence-electron chi connectivity index (χ4n) is 3.83. The number of benzene rings is 1. The smallest absolute Gasteiger partial charge is 0.265 e. The van der Waals surface area contributed by atoms with Gasteiger partial charge in [0.2, 0.25) is 6.79 Å². The molecular formula is C19H22N2O3S. The maximum atomic E-state index is 12.8. The zero-order chi connectivity index (χ0) is 17.4. The molecule has 2 aliphatic heterocycles. The molecule has 2 aromatic rings. The van der Waals surface area contributed by atoms with Crippen LogP contribution in [0, 0.1) is 12.3 Å².